The zero-order valence-electron chi connectivity index (χ0n) is 3.75. The molecule has 7 heavy (non-hydrogen) atoms. The van der Waals surface area contributed by atoms with Crippen molar-refractivity contribution >= 4 is 48.1 Å². The molecule has 0 fully saturated rings. The fourth-order valence-electron chi connectivity index (χ4n) is 0. The Morgan fingerprint density at radius 2 is 1.14 bits per heavy atom. The summed E-state index contributed by atoms with van der Waals surface area (Å²) in [4.78, 5) is 0. The first-order valence-corrected chi connectivity index (χ1v) is 2.00. The molecule has 0 unspecified atom stereocenters. The average Bonchev–Trinajstić information content (AvgIpc) is 0.722. The third-order valence-corrected chi connectivity index (χ3v) is 0. The second-order valence-electron chi connectivity index (χ2n) is 0.408. The maximum atomic E-state index is 8.52. The van der Waals surface area contributed by atoms with Crippen LogP contribution in [0.15, 0.2) is 0 Å². The molecule has 0 atom stereocenters. The second kappa shape index (κ2) is 7.29. The molecule has 32 valence electrons. The molecule has 0 aliphatic heterocycles. The Labute approximate surface area is 130 Å². The molecule has 0 amide bonds. The van der Waals surface area contributed by atoms with Crippen molar-refractivity contribution in [2.75, 3.05) is 0 Å². The molecule has 0 aromatic rings. The molecule has 7 heteroatoms. The van der Waals surface area contributed by atoms with Gasteiger partial charge in [-0.25, -0.2) is 0 Å². The predicted molar refractivity (Wildman–Crippen MR) is 16.2 cm³/mol. The summed E-state index contributed by atoms with van der Waals surface area (Å²) in [5.41, 5.74) is 0. The van der Waals surface area contributed by atoms with E-state index in [1.54, 1.807) is 0 Å². The molecule has 0 bridgehead atoms. The van der Waals surface area contributed by atoms with E-state index < -0.39 is 10.4 Å². The summed E-state index contributed by atoms with van der Waals surface area (Å²) in [6.45, 7) is 0. The van der Waals surface area contributed by atoms with E-state index in [9.17, 15) is 0 Å². The van der Waals surface area contributed by atoms with E-state index >= 15 is 0 Å². The Balaban J connectivity index is -0.0000000800. The molecule has 0 aliphatic carbocycles. The van der Waals surface area contributed by atoms with E-state index in [-0.39, 0.29) is 107 Å². The largest absolute Gasteiger partial charge is 2.00 e. The molecule has 4 nitrogen and oxygen atoms in total. The van der Waals surface area contributed by atoms with Gasteiger partial charge >= 0.3 is 107 Å². The van der Waals surface area contributed by atoms with E-state index in [0.29, 0.717) is 0 Å². The molecule has 0 saturated carbocycles. The molecule has 0 N–H and O–H groups in total. The molecular formula is CaCsO4S+. The standard InChI is InChI=1S/Ca.Cs.H2O4S/c;;1-5(2,3)4/h;;(H2,1,2,3,4)/q+2;+1;/p-2. The number of hydrogen-bond acceptors (Lipinski definition) is 4. The van der Waals surface area contributed by atoms with Crippen molar-refractivity contribution in [2.45, 2.75) is 0 Å². The normalized spacial score (nSPS) is 8.29. The van der Waals surface area contributed by atoms with E-state index in [0.717, 1.165) is 0 Å². The van der Waals surface area contributed by atoms with Gasteiger partial charge in [0.25, 0.3) is 0 Å². The minimum absolute atomic E-state index is 0. The molecule has 0 aliphatic rings. The molecule has 0 aromatic carbocycles. The van der Waals surface area contributed by atoms with Gasteiger partial charge in [0.15, 0.2) is 0 Å². The topological polar surface area (TPSA) is 80.3 Å². The maximum Gasteiger partial charge on any atom is 2.00 e. The first-order chi connectivity index (χ1) is 2.00. The first kappa shape index (κ1) is 16.6. The van der Waals surface area contributed by atoms with Crippen LogP contribution in [0.1, 0.15) is 0 Å². The van der Waals surface area contributed by atoms with Crippen LogP contribution in [-0.2, 0) is 10.4 Å². The van der Waals surface area contributed by atoms with Gasteiger partial charge in [-0.15, -0.1) is 0 Å². The van der Waals surface area contributed by atoms with Gasteiger partial charge in [0.05, 0.1) is 0 Å². The van der Waals surface area contributed by atoms with Crippen molar-refractivity contribution in [1.82, 2.24) is 0 Å². The predicted octanol–water partition coefficient (Wildman–Crippen LogP) is -4.71. The Morgan fingerprint density at radius 3 is 1.14 bits per heavy atom. The van der Waals surface area contributed by atoms with Crippen molar-refractivity contribution in [3.05, 3.63) is 0 Å². The van der Waals surface area contributed by atoms with Gasteiger partial charge < -0.3 is 9.11 Å². The molecule has 0 aromatic heterocycles. The summed E-state index contributed by atoms with van der Waals surface area (Å²) >= 11 is 0. The molecule has 0 saturated heterocycles. The van der Waals surface area contributed by atoms with Crippen LogP contribution in [0.2, 0.25) is 0 Å². The van der Waals surface area contributed by atoms with Crippen molar-refractivity contribution in [1.29, 1.82) is 0 Å². The molecule has 0 spiro atoms. The van der Waals surface area contributed by atoms with Gasteiger partial charge in [-0.2, -0.15) is 0 Å². The van der Waals surface area contributed by atoms with Crippen molar-refractivity contribution in [3.8, 4) is 0 Å². The summed E-state index contributed by atoms with van der Waals surface area (Å²) in [7, 11) is -5.17. The minimum atomic E-state index is -5.17. The first-order valence-electron chi connectivity index (χ1n) is 0.667. The molecule has 0 rings (SSSR count). The molecule has 0 radical (unpaired) electrons. The summed E-state index contributed by atoms with van der Waals surface area (Å²) in [5, 5.41) is 0. The van der Waals surface area contributed by atoms with Crippen molar-refractivity contribution in [3.63, 3.8) is 0 Å². The Morgan fingerprint density at radius 1 is 1.14 bits per heavy atom. The summed E-state index contributed by atoms with van der Waals surface area (Å²) in [6, 6.07) is 0. The maximum absolute atomic E-state index is 8.52. The smallest absolute Gasteiger partial charge is 0.759 e. The minimum Gasteiger partial charge on any atom is -0.759 e. The van der Waals surface area contributed by atoms with Gasteiger partial charge in [-0.1, -0.05) is 0 Å². The van der Waals surface area contributed by atoms with Gasteiger partial charge in [0.1, 0.15) is 0 Å². The fraction of sp³-hybridized carbons (Fsp3) is 0. The molecular weight excluding hydrogens is 269 g/mol. The van der Waals surface area contributed by atoms with Crippen LogP contribution in [-0.4, -0.2) is 55.3 Å². The zero-order valence-corrected chi connectivity index (χ0v) is 13.1. The van der Waals surface area contributed by atoms with E-state index in [2.05, 4.69) is 0 Å². The van der Waals surface area contributed by atoms with Crippen LogP contribution in [0, 0.1) is 0 Å². The van der Waals surface area contributed by atoms with Crippen LogP contribution < -0.4 is 68.9 Å². The third kappa shape index (κ3) is 46.8. The van der Waals surface area contributed by atoms with Crippen molar-refractivity contribution in [2.24, 2.45) is 0 Å². The Hall–Kier alpha value is 3.18. The zero-order chi connectivity index (χ0) is 4.50. The average molecular weight is 269 g/mol. The van der Waals surface area contributed by atoms with Crippen LogP contribution in [0.25, 0.3) is 0 Å². The van der Waals surface area contributed by atoms with Crippen LogP contribution in [0.5, 0.6) is 0 Å². The van der Waals surface area contributed by atoms with Crippen molar-refractivity contribution < 1.29 is 86.4 Å². The van der Waals surface area contributed by atoms with Gasteiger partial charge in [0.2, 0.25) is 0 Å². The summed E-state index contributed by atoms with van der Waals surface area (Å²) < 4.78 is 34.1. The summed E-state index contributed by atoms with van der Waals surface area (Å²) in [5.74, 6) is 0. The van der Waals surface area contributed by atoms with Crippen LogP contribution in [0.4, 0.5) is 0 Å². The second-order valence-corrected chi connectivity index (χ2v) is 1.22. The third-order valence-electron chi connectivity index (χ3n) is 0. The van der Waals surface area contributed by atoms with Gasteiger partial charge in [-0.3, -0.25) is 8.42 Å². The van der Waals surface area contributed by atoms with E-state index in [4.69, 9.17) is 17.5 Å². The summed E-state index contributed by atoms with van der Waals surface area (Å²) in [6.07, 6.45) is 0. The Bertz CT molecular complexity index is 94.9. The van der Waals surface area contributed by atoms with E-state index in [1.165, 1.54) is 0 Å². The number of hydrogen-bond donors (Lipinski definition) is 0. The van der Waals surface area contributed by atoms with Gasteiger partial charge in [0, 0.05) is 10.4 Å². The fourth-order valence-corrected chi connectivity index (χ4v) is 0. The SMILES string of the molecule is O=S(=O)([O-])[O-].[Ca+2].[Cs+]. The van der Waals surface area contributed by atoms with Crippen LogP contribution >= 0.6 is 0 Å². The van der Waals surface area contributed by atoms with Crippen LogP contribution in [0.3, 0.4) is 0 Å². The quantitative estimate of drug-likeness (QED) is 0.251. The Kier molecular flexibility index (Phi) is 17.3. The van der Waals surface area contributed by atoms with E-state index in [1.807, 2.05) is 0 Å². The monoisotopic (exact) mass is 269 g/mol. The molecule has 0 heterocycles. The van der Waals surface area contributed by atoms with Gasteiger partial charge in [-0.05, 0) is 0 Å². The number of rotatable bonds is 0.